The number of rotatable bonds is 8. The third-order valence-corrected chi connectivity index (χ3v) is 6.09. The van der Waals surface area contributed by atoms with E-state index in [0.29, 0.717) is 28.0 Å². The van der Waals surface area contributed by atoms with E-state index < -0.39 is 11.7 Å². The van der Waals surface area contributed by atoms with Gasteiger partial charge in [0.25, 0.3) is 5.91 Å². The van der Waals surface area contributed by atoms with Crippen LogP contribution in [-0.4, -0.2) is 48.5 Å². The first-order valence-corrected chi connectivity index (χ1v) is 12.6. The van der Waals surface area contributed by atoms with Crippen LogP contribution in [0.2, 0.25) is 0 Å². The Morgan fingerprint density at radius 3 is 2.62 bits per heavy atom. The number of hydrogen-bond acceptors (Lipinski definition) is 10. The average Bonchev–Trinajstić information content (AvgIpc) is 3.39. The Labute approximate surface area is 227 Å². The van der Waals surface area contributed by atoms with Gasteiger partial charge in [-0.1, -0.05) is 36.4 Å². The molecule has 5 aromatic rings. The molecule has 10 nitrogen and oxygen atoms in total. The number of nitrogens with zero attached hydrogens (tertiary/aromatic N) is 7. The minimum absolute atomic E-state index is 0.177. The zero-order valence-electron chi connectivity index (χ0n) is 21.0. The van der Waals surface area contributed by atoms with Crippen LogP contribution in [0.25, 0.3) is 22.6 Å². The van der Waals surface area contributed by atoms with Gasteiger partial charge in [0.15, 0.2) is 22.3 Å². The third kappa shape index (κ3) is 6.30. The van der Waals surface area contributed by atoms with Crippen molar-refractivity contribution in [1.29, 1.82) is 0 Å². The molecule has 0 aliphatic rings. The summed E-state index contributed by atoms with van der Waals surface area (Å²) in [4.78, 5) is 38.1. The Kier molecular flexibility index (Phi) is 7.64. The molecule has 12 heteroatoms. The third-order valence-electron chi connectivity index (χ3n) is 5.44. The maximum absolute atomic E-state index is 14.9. The van der Waals surface area contributed by atoms with E-state index in [-0.39, 0.29) is 18.1 Å². The van der Waals surface area contributed by atoms with Crippen molar-refractivity contribution < 1.29 is 9.18 Å². The van der Waals surface area contributed by atoms with Gasteiger partial charge < -0.3 is 10.6 Å². The van der Waals surface area contributed by atoms with Gasteiger partial charge in [-0.05, 0) is 36.2 Å². The molecule has 0 unspecified atom stereocenters. The first-order valence-electron chi connectivity index (χ1n) is 11.8. The molecule has 1 amide bonds. The van der Waals surface area contributed by atoms with Crippen molar-refractivity contribution in [2.75, 3.05) is 12.4 Å². The van der Waals surface area contributed by atoms with Gasteiger partial charge in [0.05, 0.1) is 11.9 Å². The summed E-state index contributed by atoms with van der Waals surface area (Å²) in [6.07, 6.45) is 4.64. The molecule has 0 bridgehead atoms. The molecule has 0 saturated heterocycles. The fraction of sp³-hybridized carbons (Fsp3) is 0.111. The van der Waals surface area contributed by atoms with E-state index >= 15 is 0 Å². The van der Waals surface area contributed by atoms with Crippen molar-refractivity contribution in [2.45, 2.75) is 13.5 Å². The largest absolute Gasteiger partial charge is 0.346 e. The molecule has 0 radical (unpaired) electrons. The first kappa shape index (κ1) is 25.7. The van der Waals surface area contributed by atoms with Crippen molar-refractivity contribution in [3.63, 3.8) is 0 Å². The summed E-state index contributed by atoms with van der Waals surface area (Å²) in [5.74, 6) is -0.387. The van der Waals surface area contributed by atoms with E-state index in [0.717, 1.165) is 16.8 Å². The highest BCUT2D eigenvalue weighted by Gasteiger charge is 2.16. The predicted octanol–water partition coefficient (Wildman–Crippen LogP) is 4.62. The van der Waals surface area contributed by atoms with E-state index in [2.05, 4.69) is 44.9 Å². The van der Waals surface area contributed by atoms with Crippen molar-refractivity contribution >= 4 is 35.4 Å². The molecule has 0 aliphatic carbocycles. The second-order valence-corrected chi connectivity index (χ2v) is 9.12. The first-order chi connectivity index (χ1) is 19.0. The Morgan fingerprint density at radius 1 is 1.03 bits per heavy atom. The Balaban J connectivity index is 1.26. The van der Waals surface area contributed by atoms with Crippen molar-refractivity contribution in [3.8, 4) is 22.6 Å². The van der Waals surface area contributed by atoms with Crippen LogP contribution in [0.15, 0.2) is 72.0 Å². The van der Waals surface area contributed by atoms with Crippen LogP contribution in [-0.2, 0) is 6.54 Å². The molecule has 39 heavy (non-hydrogen) atoms. The van der Waals surface area contributed by atoms with Crippen LogP contribution in [0.4, 0.5) is 16.2 Å². The number of aryl methyl sites for hydroxylation is 1. The summed E-state index contributed by atoms with van der Waals surface area (Å²) >= 11 is 1.19. The Hall–Kier alpha value is -4.97. The summed E-state index contributed by atoms with van der Waals surface area (Å²) in [6, 6.07) is 16.4. The Bertz CT molecular complexity index is 1640. The van der Waals surface area contributed by atoms with Crippen molar-refractivity contribution in [3.05, 3.63) is 94.8 Å². The van der Waals surface area contributed by atoms with Gasteiger partial charge in [-0.15, -0.1) is 0 Å². The van der Waals surface area contributed by atoms with E-state index in [4.69, 9.17) is 0 Å². The number of anilines is 2. The van der Waals surface area contributed by atoms with E-state index in [1.54, 1.807) is 32.4 Å². The molecule has 1 aromatic carbocycles. The lowest BCUT2D eigenvalue weighted by Crippen LogP contribution is -2.25. The molecular weight excluding hydrogens is 517 g/mol. The molecule has 4 heterocycles. The van der Waals surface area contributed by atoms with Gasteiger partial charge in [0, 0.05) is 48.9 Å². The molecule has 0 aliphatic heterocycles. The molecule has 0 spiro atoms. The molecule has 194 valence electrons. The minimum atomic E-state index is -0.785. The molecular formula is C27H22FN9OS. The maximum Gasteiger partial charge on any atom is 0.273 e. The number of benzene rings is 1. The lowest BCUT2D eigenvalue weighted by Gasteiger charge is -2.09. The van der Waals surface area contributed by atoms with Crippen molar-refractivity contribution in [1.82, 2.24) is 34.6 Å². The monoisotopic (exact) mass is 539 g/mol. The van der Waals surface area contributed by atoms with Crippen molar-refractivity contribution in [2.24, 2.45) is 4.99 Å². The van der Waals surface area contributed by atoms with Crippen LogP contribution in [0.5, 0.6) is 0 Å². The summed E-state index contributed by atoms with van der Waals surface area (Å²) < 4.78 is 19.1. The van der Waals surface area contributed by atoms with Crippen LogP contribution >= 0.6 is 11.5 Å². The fourth-order valence-corrected chi connectivity index (χ4v) is 4.17. The molecule has 0 fully saturated rings. The van der Waals surface area contributed by atoms with Crippen LogP contribution in [0.1, 0.15) is 26.8 Å². The number of carbonyl (C=O) groups excluding carboxylic acids is 1. The van der Waals surface area contributed by atoms with Gasteiger partial charge in [-0.3, -0.25) is 14.8 Å². The molecule has 4 aromatic heterocycles. The minimum Gasteiger partial charge on any atom is -0.346 e. The van der Waals surface area contributed by atoms with Gasteiger partial charge in [-0.2, -0.15) is 9.36 Å². The summed E-state index contributed by atoms with van der Waals surface area (Å²) in [5.41, 5.74) is 3.23. The number of halogens is 1. The van der Waals surface area contributed by atoms with Crippen LogP contribution < -0.4 is 10.6 Å². The summed E-state index contributed by atoms with van der Waals surface area (Å²) in [7, 11) is 1.65. The SMILES string of the molecule is CN=Cc1nc(Nc2cc(C)nc(-c3cnc(C(=O)NCc4ccc(-c5ccccc5)nc4)c(F)c3)n2)ns1. The summed E-state index contributed by atoms with van der Waals surface area (Å²) in [6.45, 7) is 1.96. The number of aliphatic imine (C=N–C) groups is 1. The number of hydrogen-bond donors (Lipinski definition) is 2. The lowest BCUT2D eigenvalue weighted by molar-refractivity contribution is 0.0941. The van der Waals surface area contributed by atoms with Crippen LogP contribution in [0, 0.1) is 12.7 Å². The second-order valence-electron chi connectivity index (χ2n) is 8.34. The smallest absolute Gasteiger partial charge is 0.273 e. The number of carbonyl (C=O) groups is 1. The zero-order chi connectivity index (χ0) is 27.2. The second kappa shape index (κ2) is 11.6. The zero-order valence-corrected chi connectivity index (χ0v) is 21.8. The van der Waals surface area contributed by atoms with E-state index in [9.17, 15) is 9.18 Å². The molecule has 5 rings (SSSR count). The number of nitrogens with one attached hydrogen (secondary N) is 2. The highest BCUT2D eigenvalue weighted by Crippen LogP contribution is 2.22. The summed E-state index contributed by atoms with van der Waals surface area (Å²) in [5, 5.41) is 6.35. The number of aromatic nitrogens is 6. The molecule has 2 N–H and O–H groups in total. The molecule has 0 saturated carbocycles. The lowest BCUT2D eigenvalue weighted by atomic mass is 10.1. The van der Waals surface area contributed by atoms with E-state index in [1.807, 2.05) is 42.5 Å². The van der Waals surface area contributed by atoms with Gasteiger partial charge in [0.1, 0.15) is 5.82 Å². The van der Waals surface area contributed by atoms with Gasteiger partial charge >= 0.3 is 0 Å². The predicted molar refractivity (Wildman–Crippen MR) is 148 cm³/mol. The maximum atomic E-state index is 14.9. The number of pyridine rings is 2. The average molecular weight is 540 g/mol. The van der Waals surface area contributed by atoms with Gasteiger partial charge in [0.2, 0.25) is 5.95 Å². The fourth-order valence-electron chi connectivity index (χ4n) is 3.63. The van der Waals surface area contributed by atoms with Gasteiger partial charge in [-0.25, -0.2) is 19.3 Å². The molecule has 0 atom stereocenters. The highest BCUT2D eigenvalue weighted by molar-refractivity contribution is 7.07. The topological polar surface area (TPSA) is 131 Å². The standard InChI is InChI=1S/C27H22FN9OS/c1-16-10-22(35-27-36-23(15-29-2)39-37-27)34-25(33-16)19-11-20(28)24(31-14-19)26(38)32-13-17-8-9-21(30-12-17)18-6-4-3-5-7-18/h3-12,14-15H,13H2,1-2H3,(H,32,38)(H,33,34,35,37). The highest BCUT2D eigenvalue weighted by atomic mass is 32.1. The quantitative estimate of drug-likeness (QED) is 0.273. The van der Waals surface area contributed by atoms with E-state index in [1.165, 1.54) is 23.8 Å². The normalized spacial score (nSPS) is 11.1. The number of amides is 1. The Morgan fingerprint density at radius 2 is 1.87 bits per heavy atom. The van der Waals surface area contributed by atoms with Crippen LogP contribution in [0.3, 0.4) is 0 Å².